The molecule has 3 nitrogen and oxygen atoms in total. The van der Waals surface area contributed by atoms with Gasteiger partial charge in [0.2, 0.25) is 0 Å². The van der Waals surface area contributed by atoms with Crippen LogP contribution in [-0.2, 0) is 0 Å². The molecule has 0 aromatic heterocycles. The van der Waals surface area contributed by atoms with Gasteiger partial charge in [-0.15, -0.1) is 0 Å². The smallest absolute Gasteiger partial charge is 0.0113 e. The van der Waals surface area contributed by atoms with Gasteiger partial charge in [-0.2, -0.15) is 0 Å². The van der Waals surface area contributed by atoms with E-state index < -0.39 is 0 Å². The van der Waals surface area contributed by atoms with Gasteiger partial charge in [0.25, 0.3) is 0 Å². The summed E-state index contributed by atoms with van der Waals surface area (Å²) in [7, 11) is 4.38. The monoisotopic (exact) mass is 213 g/mol. The van der Waals surface area contributed by atoms with E-state index in [1.807, 2.05) is 0 Å². The molecule has 0 amide bonds. The highest BCUT2D eigenvalue weighted by molar-refractivity contribution is 4.76. The van der Waals surface area contributed by atoms with Crippen molar-refractivity contribution in [2.24, 2.45) is 5.73 Å². The molecule has 1 fully saturated rings. The van der Waals surface area contributed by atoms with Gasteiger partial charge in [0.05, 0.1) is 0 Å². The van der Waals surface area contributed by atoms with E-state index in [4.69, 9.17) is 5.73 Å². The highest BCUT2D eigenvalue weighted by atomic mass is 15.2. The predicted molar refractivity (Wildman–Crippen MR) is 66.0 cm³/mol. The lowest BCUT2D eigenvalue weighted by Gasteiger charge is -2.35. The molecule has 0 aliphatic carbocycles. The molecule has 1 saturated heterocycles. The third-order valence-corrected chi connectivity index (χ3v) is 3.42. The van der Waals surface area contributed by atoms with Gasteiger partial charge in [-0.25, -0.2) is 0 Å². The molecular formula is C12H27N3. The van der Waals surface area contributed by atoms with Crippen molar-refractivity contribution >= 4 is 0 Å². The fraction of sp³-hybridized carbons (Fsp3) is 1.00. The zero-order valence-electron chi connectivity index (χ0n) is 10.6. The molecule has 1 atom stereocenters. The number of rotatable bonds is 5. The van der Waals surface area contributed by atoms with Gasteiger partial charge in [-0.05, 0) is 66.3 Å². The van der Waals surface area contributed by atoms with Crippen LogP contribution in [0, 0.1) is 0 Å². The number of hydrogen-bond donors (Lipinski definition) is 1. The van der Waals surface area contributed by atoms with Gasteiger partial charge in [-0.3, -0.25) is 0 Å². The Bertz CT molecular complexity index is 157. The standard InChI is InChI=1S/C12H27N3/c1-11(13)5-4-8-15-9-6-12(7-10-15)14(2)3/h11-12H,4-10,13H2,1-3H3. The Morgan fingerprint density at radius 2 is 1.93 bits per heavy atom. The number of likely N-dealkylation sites (tertiary alicyclic amines) is 1. The summed E-state index contributed by atoms with van der Waals surface area (Å²) in [6, 6.07) is 1.17. The van der Waals surface area contributed by atoms with Gasteiger partial charge >= 0.3 is 0 Å². The minimum absolute atomic E-state index is 0.365. The first-order chi connectivity index (χ1) is 7.09. The average molecular weight is 213 g/mol. The average Bonchev–Trinajstić information content (AvgIpc) is 2.18. The Morgan fingerprint density at radius 1 is 1.33 bits per heavy atom. The Kier molecular flexibility index (Phi) is 5.58. The van der Waals surface area contributed by atoms with E-state index in [0.717, 1.165) is 12.5 Å². The Labute approximate surface area is 94.6 Å². The molecule has 0 radical (unpaired) electrons. The molecule has 1 aliphatic rings. The third kappa shape index (κ3) is 4.96. The van der Waals surface area contributed by atoms with E-state index in [9.17, 15) is 0 Å². The Balaban J connectivity index is 2.09. The summed E-state index contributed by atoms with van der Waals surface area (Å²) < 4.78 is 0. The van der Waals surface area contributed by atoms with Crippen molar-refractivity contribution in [3.05, 3.63) is 0 Å². The first kappa shape index (κ1) is 12.9. The van der Waals surface area contributed by atoms with Gasteiger partial charge in [0, 0.05) is 12.1 Å². The molecule has 0 bridgehead atoms. The van der Waals surface area contributed by atoms with Gasteiger partial charge < -0.3 is 15.5 Å². The van der Waals surface area contributed by atoms with Gasteiger partial charge in [0.15, 0.2) is 0 Å². The molecule has 0 saturated carbocycles. The van der Waals surface area contributed by atoms with Gasteiger partial charge in [-0.1, -0.05) is 0 Å². The van der Waals surface area contributed by atoms with Crippen LogP contribution in [0.25, 0.3) is 0 Å². The fourth-order valence-electron chi connectivity index (χ4n) is 2.30. The molecule has 0 aromatic rings. The summed E-state index contributed by atoms with van der Waals surface area (Å²) >= 11 is 0. The van der Waals surface area contributed by atoms with Crippen molar-refractivity contribution in [3.63, 3.8) is 0 Å². The van der Waals surface area contributed by atoms with Crippen LogP contribution in [0.5, 0.6) is 0 Å². The summed E-state index contributed by atoms with van der Waals surface area (Å²) in [5, 5.41) is 0. The normalized spacial score (nSPS) is 22.2. The molecule has 0 spiro atoms. The molecule has 90 valence electrons. The van der Waals surface area contributed by atoms with Crippen molar-refractivity contribution in [1.29, 1.82) is 0 Å². The molecule has 3 heteroatoms. The van der Waals surface area contributed by atoms with Crippen molar-refractivity contribution in [2.75, 3.05) is 33.7 Å². The van der Waals surface area contributed by atoms with E-state index in [1.54, 1.807) is 0 Å². The largest absolute Gasteiger partial charge is 0.328 e. The van der Waals surface area contributed by atoms with Crippen molar-refractivity contribution in [1.82, 2.24) is 9.80 Å². The summed E-state index contributed by atoms with van der Waals surface area (Å²) in [6.45, 7) is 5.86. The molecule has 1 heterocycles. The Morgan fingerprint density at radius 3 is 2.40 bits per heavy atom. The maximum absolute atomic E-state index is 5.74. The quantitative estimate of drug-likeness (QED) is 0.743. The van der Waals surface area contributed by atoms with Crippen LogP contribution >= 0.6 is 0 Å². The van der Waals surface area contributed by atoms with Gasteiger partial charge in [0.1, 0.15) is 0 Å². The third-order valence-electron chi connectivity index (χ3n) is 3.42. The fourth-order valence-corrected chi connectivity index (χ4v) is 2.30. The molecule has 1 unspecified atom stereocenters. The summed E-state index contributed by atoms with van der Waals surface area (Å²) in [6.07, 6.45) is 5.06. The van der Waals surface area contributed by atoms with Crippen LogP contribution in [0.1, 0.15) is 32.6 Å². The van der Waals surface area contributed by atoms with Crippen molar-refractivity contribution in [3.8, 4) is 0 Å². The van der Waals surface area contributed by atoms with Crippen LogP contribution in [0.3, 0.4) is 0 Å². The van der Waals surface area contributed by atoms with E-state index in [1.165, 1.54) is 38.9 Å². The topological polar surface area (TPSA) is 32.5 Å². The zero-order chi connectivity index (χ0) is 11.3. The second-order valence-electron chi connectivity index (χ2n) is 5.16. The highest BCUT2D eigenvalue weighted by Crippen LogP contribution is 2.14. The lowest BCUT2D eigenvalue weighted by Crippen LogP contribution is -2.42. The highest BCUT2D eigenvalue weighted by Gasteiger charge is 2.19. The summed E-state index contributed by atoms with van der Waals surface area (Å²) in [5.74, 6) is 0. The molecule has 1 aliphatic heterocycles. The molecule has 0 aromatic carbocycles. The minimum atomic E-state index is 0.365. The molecule has 2 N–H and O–H groups in total. The predicted octanol–water partition coefficient (Wildman–Crippen LogP) is 1.14. The van der Waals surface area contributed by atoms with Crippen LogP contribution in [0.4, 0.5) is 0 Å². The van der Waals surface area contributed by atoms with E-state index in [2.05, 4.69) is 30.8 Å². The van der Waals surface area contributed by atoms with E-state index >= 15 is 0 Å². The van der Waals surface area contributed by atoms with E-state index in [0.29, 0.717) is 6.04 Å². The van der Waals surface area contributed by atoms with E-state index in [-0.39, 0.29) is 0 Å². The van der Waals surface area contributed by atoms with Crippen LogP contribution in [0.2, 0.25) is 0 Å². The first-order valence-electron chi connectivity index (χ1n) is 6.24. The maximum Gasteiger partial charge on any atom is 0.0113 e. The number of nitrogens with zero attached hydrogens (tertiary/aromatic N) is 2. The summed E-state index contributed by atoms with van der Waals surface area (Å²) in [4.78, 5) is 4.95. The first-order valence-corrected chi connectivity index (χ1v) is 6.24. The SMILES string of the molecule is CC(N)CCCN1CCC(N(C)C)CC1. The molecular weight excluding hydrogens is 186 g/mol. The molecule has 1 rings (SSSR count). The maximum atomic E-state index is 5.74. The Hall–Kier alpha value is -0.120. The van der Waals surface area contributed by atoms with Crippen LogP contribution < -0.4 is 5.73 Å². The lowest BCUT2D eigenvalue weighted by molar-refractivity contribution is 0.143. The minimum Gasteiger partial charge on any atom is -0.328 e. The lowest BCUT2D eigenvalue weighted by atomic mass is 10.0. The summed E-state index contributed by atoms with van der Waals surface area (Å²) in [5.41, 5.74) is 5.74. The van der Waals surface area contributed by atoms with Crippen LogP contribution in [0.15, 0.2) is 0 Å². The second kappa shape index (κ2) is 6.46. The number of nitrogens with two attached hydrogens (primary N) is 1. The van der Waals surface area contributed by atoms with Crippen molar-refractivity contribution < 1.29 is 0 Å². The number of hydrogen-bond acceptors (Lipinski definition) is 3. The van der Waals surface area contributed by atoms with Crippen LogP contribution in [-0.4, -0.2) is 55.6 Å². The second-order valence-corrected chi connectivity index (χ2v) is 5.16. The number of piperidine rings is 1. The molecule has 15 heavy (non-hydrogen) atoms. The van der Waals surface area contributed by atoms with Crippen molar-refractivity contribution in [2.45, 2.75) is 44.7 Å². The zero-order valence-corrected chi connectivity index (χ0v) is 10.6.